The highest BCUT2D eigenvalue weighted by Gasteiger charge is 1.89. The van der Waals surface area contributed by atoms with E-state index in [0.29, 0.717) is 6.32 Å². The quantitative estimate of drug-likeness (QED) is 0.537. The van der Waals surface area contributed by atoms with Crippen LogP contribution in [0.15, 0.2) is 30.3 Å². The van der Waals surface area contributed by atoms with Gasteiger partial charge in [0.25, 0.3) is 0 Å². The monoisotopic (exact) mass is 158 g/mol. The molecule has 0 aromatic heterocycles. The highest BCUT2D eigenvalue weighted by atomic mass is 19.1. The maximum Gasteiger partial charge on any atom is 0.335 e. The molecule has 2 nitrogen and oxygen atoms in total. The first-order valence-corrected chi connectivity index (χ1v) is 3.03. The third kappa shape index (κ3) is 4.53. The van der Waals surface area contributed by atoms with Crippen LogP contribution in [0.4, 0.5) is 4.32 Å². The Hall–Kier alpha value is -0.865. The van der Waals surface area contributed by atoms with E-state index in [0.717, 1.165) is 5.56 Å². The van der Waals surface area contributed by atoms with Gasteiger partial charge in [0.15, 0.2) is 0 Å². The predicted octanol–water partition coefficient (Wildman–Crippen LogP) is -0.142. The molecule has 1 aromatic rings. The van der Waals surface area contributed by atoms with Crippen molar-refractivity contribution in [1.82, 2.24) is 0 Å². The van der Waals surface area contributed by atoms with Gasteiger partial charge in [-0.15, -0.1) is 0 Å². The van der Waals surface area contributed by atoms with Crippen molar-refractivity contribution in [2.75, 3.05) is 0 Å². The van der Waals surface area contributed by atoms with E-state index in [-0.39, 0.29) is 18.5 Å². The van der Waals surface area contributed by atoms with Crippen molar-refractivity contribution in [3.8, 4) is 0 Å². The van der Waals surface area contributed by atoms with Crippen molar-refractivity contribution in [3.05, 3.63) is 35.9 Å². The molecule has 1 rings (SSSR count). The number of halogens is 1. The molecular weight excluding hydrogens is 146 g/mol. The Kier molecular flexibility index (Phi) is 8.42. The first-order valence-electron chi connectivity index (χ1n) is 3.03. The van der Waals surface area contributed by atoms with E-state index >= 15 is 0 Å². The van der Waals surface area contributed by atoms with Gasteiger partial charge < -0.3 is 15.3 Å². The maximum atomic E-state index is 11.7. The molecule has 0 amide bonds. The summed E-state index contributed by atoms with van der Waals surface area (Å²) < 4.78 is 11.7. The zero-order valence-electron chi connectivity index (χ0n) is 6.18. The summed E-state index contributed by atoms with van der Waals surface area (Å²) in [4.78, 5) is 0. The van der Waals surface area contributed by atoms with Gasteiger partial charge in [-0.05, 0) is 6.32 Å². The molecule has 1 aromatic carbocycles. The van der Waals surface area contributed by atoms with Gasteiger partial charge in [-0.2, -0.15) is 0 Å². The van der Waals surface area contributed by atoms with Crippen molar-refractivity contribution in [3.63, 3.8) is 0 Å². The molecule has 0 spiro atoms. The number of rotatable bonds is 2. The van der Waals surface area contributed by atoms with E-state index < -0.39 is 0 Å². The smallest absolute Gasteiger partial charge is 0.335 e. The first-order chi connectivity index (χ1) is 4.43. The van der Waals surface area contributed by atoms with Gasteiger partial charge in [0, 0.05) is 0 Å². The van der Waals surface area contributed by atoms with E-state index in [2.05, 4.69) is 0 Å². The molecule has 0 heterocycles. The Bertz CT molecular complexity index is 169. The van der Waals surface area contributed by atoms with Gasteiger partial charge in [-0.1, -0.05) is 35.9 Å². The second-order valence-corrected chi connectivity index (χ2v) is 1.92. The van der Waals surface area contributed by atoms with Crippen LogP contribution in [0.2, 0.25) is 0 Å². The fourth-order valence-electron chi connectivity index (χ4n) is 0.754. The standard InChI is InChI=1S/C7H8BF.2H2O/c9-8-6-7-4-2-1-3-5-7;;/h1-5,8H,6H2;2*1H2. The van der Waals surface area contributed by atoms with Gasteiger partial charge in [0.1, 0.15) is 0 Å². The Morgan fingerprint density at radius 2 is 1.64 bits per heavy atom. The lowest BCUT2D eigenvalue weighted by atomic mass is 9.93. The van der Waals surface area contributed by atoms with Crippen LogP contribution in [0.3, 0.4) is 0 Å². The van der Waals surface area contributed by atoms with Gasteiger partial charge in [-0.25, -0.2) is 0 Å². The van der Waals surface area contributed by atoms with Gasteiger partial charge in [0.05, 0.1) is 0 Å². The lowest BCUT2D eigenvalue weighted by Gasteiger charge is -1.91. The topological polar surface area (TPSA) is 63.0 Å². The average molecular weight is 158 g/mol. The largest absolute Gasteiger partial charge is 0.412 e. The molecule has 0 atom stereocenters. The molecule has 62 valence electrons. The maximum absolute atomic E-state index is 11.7. The summed E-state index contributed by atoms with van der Waals surface area (Å²) in [7, 11) is -0.260. The summed E-state index contributed by atoms with van der Waals surface area (Å²) in [5.74, 6) is 0. The third-order valence-corrected chi connectivity index (χ3v) is 1.23. The Labute approximate surface area is 66.0 Å². The van der Waals surface area contributed by atoms with Gasteiger partial charge >= 0.3 is 7.56 Å². The van der Waals surface area contributed by atoms with Crippen LogP contribution in [0.5, 0.6) is 0 Å². The first kappa shape index (κ1) is 12.8. The Morgan fingerprint density at radius 1 is 1.09 bits per heavy atom. The molecule has 4 heteroatoms. The number of hydrogen-bond donors (Lipinski definition) is 0. The van der Waals surface area contributed by atoms with Crippen molar-refractivity contribution in [2.24, 2.45) is 0 Å². The fourth-order valence-corrected chi connectivity index (χ4v) is 0.754. The normalized spacial score (nSPS) is 7.36. The van der Waals surface area contributed by atoms with Crippen molar-refractivity contribution in [2.45, 2.75) is 6.32 Å². The lowest BCUT2D eigenvalue weighted by Crippen LogP contribution is -1.87. The van der Waals surface area contributed by atoms with E-state index in [1.165, 1.54) is 0 Å². The molecule has 0 aliphatic carbocycles. The van der Waals surface area contributed by atoms with Crippen molar-refractivity contribution in [1.29, 1.82) is 0 Å². The molecule has 0 saturated carbocycles. The zero-order valence-corrected chi connectivity index (χ0v) is 6.18. The van der Waals surface area contributed by atoms with Gasteiger partial charge in [0.2, 0.25) is 0 Å². The highest BCUT2D eigenvalue weighted by Crippen LogP contribution is 1.97. The van der Waals surface area contributed by atoms with Crippen LogP contribution in [0, 0.1) is 0 Å². The second kappa shape index (κ2) is 7.24. The van der Waals surface area contributed by atoms with Gasteiger partial charge in [-0.3, -0.25) is 0 Å². The van der Waals surface area contributed by atoms with Crippen LogP contribution >= 0.6 is 0 Å². The fraction of sp³-hybridized carbons (Fsp3) is 0.143. The third-order valence-electron chi connectivity index (χ3n) is 1.23. The Balaban J connectivity index is 0. The van der Waals surface area contributed by atoms with Crippen LogP contribution in [0.1, 0.15) is 5.56 Å². The van der Waals surface area contributed by atoms with Crippen LogP contribution < -0.4 is 0 Å². The second-order valence-electron chi connectivity index (χ2n) is 1.92. The molecular formula is C7H12BFO2. The summed E-state index contributed by atoms with van der Waals surface area (Å²) in [5, 5.41) is 0. The number of benzene rings is 1. The Morgan fingerprint density at radius 3 is 2.09 bits per heavy atom. The summed E-state index contributed by atoms with van der Waals surface area (Å²) in [6, 6.07) is 9.64. The number of hydrogen-bond acceptors (Lipinski definition) is 0. The molecule has 0 aliphatic rings. The van der Waals surface area contributed by atoms with Crippen LogP contribution in [0.25, 0.3) is 0 Å². The predicted molar refractivity (Wildman–Crippen MR) is 45.6 cm³/mol. The average Bonchev–Trinajstić information content (AvgIpc) is 1.91. The minimum absolute atomic E-state index is 0. The molecule has 11 heavy (non-hydrogen) atoms. The molecule has 0 bridgehead atoms. The lowest BCUT2D eigenvalue weighted by molar-refractivity contribution is 0.823. The molecule has 0 aliphatic heterocycles. The summed E-state index contributed by atoms with van der Waals surface area (Å²) in [6.07, 6.45) is 0.542. The van der Waals surface area contributed by atoms with Crippen molar-refractivity contribution >= 4 is 7.56 Å². The summed E-state index contributed by atoms with van der Waals surface area (Å²) >= 11 is 0. The van der Waals surface area contributed by atoms with Crippen LogP contribution in [-0.2, 0) is 6.32 Å². The van der Waals surface area contributed by atoms with E-state index in [9.17, 15) is 4.32 Å². The summed E-state index contributed by atoms with van der Waals surface area (Å²) in [6.45, 7) is 0. The molecule has 0 unspecified atom stereocenters. The summed E-state index contributed by atoms with van der Waals surface area (Å²) in [5.41, 5.74) is 1.07. The molecule has 0 fully saturated rings. The highest BCUT2D eigenvalue weighted by molar-refractivity contribution is 6.25. The molecule has 0 radical (unpaired) electrons. The van der Waals surface area contributed by atoms with Crippen LogP contribution in [-0.4, -0.2) is 18.5 Å². The van der Waals surface area contributed by atoms with E-state index in [1.54, 1.807) is 0 Å². The minimum atomic E-state index is -0.260. The minimum Gasteiger partial charge on any atom is -0.412 e. The van der Waals surface area contributed by atoms with E-state index in [1.807, 2.05) is 30.3 Å². The van der Waals surface area contributed by atoms with Crippen molar-refractivity contribution < 1.29 is 15.3 Å². The zero-order chi connectivity index (χ0) is 6.53. The molecule has 0 saturated heterocycles. The molecule has 4 N–H and O–H groups in total. The van der Waals surface area contributed by atoms with E-state index in [4.69, 9.17) is 0 Å². The SMILES string of the molecule is FBCc1ccccc1.O.O.